The zero-order valence-electron chi connectivity index (χ0n) is 38.9. The smallest absolute Gasteiger partial charge is 0.344 e. The van der Waals surface area contributed by atoms with Crippen LogP contribution in [-0.2, 0) is 33.3 Å². The van der Waals surface area contributed by atoms with Gasteiger partial charge in [0.2, 0.25) is 5.60 Å². The van der Waals surface area contributed by atoms with Gasteiger partial charge in [-0.3, -0.25) is 19.4 Å². The summed E-state index contributed by atoms with van der Waals surface area (Å²) >= 11 is 0. The first-order valence-corrected chi connectivity index (χ1v) is 23.9. The average Bonchev–Trinajstić information content (AvgIpc) is 4.10. The van der Waals surface area contributed by atoms with Crippen molar-refractivity contribution in [1.82, 2.24) is 14.7 Å². The summed E-state index contributed by atoms with van der Waals surface area (Å²) < 4.78 is 24.4. The first kappa shape index (κ1) is 43.9. The molecule has 4 saturated heterocycles. The van der Waals surface area contributed by atoms with Crippen molar-refractivity contribution in [2.45, 2.75) is 108 Å². The van der Waals surface area contributed by atoms with Crippen LogP contribution in [0.25, 0.3) is 5.57 Å². The van der Waals surface area contributed by atoms with E-state index >= 15 is 4.79 Å². The molecule has 7 heterocycles. The molecule has 0 radical (unpaired) electrons. The lowest BCUT2D eigenvalue weighted by Gasteiger charge is -2.63. The molecule has 64 heavy (non-hydrogen) atoms. The zero-order chi connectivity index (χ0) is 45.1. The van der Waals surface area contributed by atoms with E-state index < -0.39 is 63.6 Å². The summed E-state index contributed by atoms with van der Waals surface area (Å²) in [6.45, 7) is 10.9. The molecule has 0 amide bonds. The number of methoxy groups -OCH3 is 3. The molecule has 5 fully saturated rings. The van der Waals surface area contributed by atoms with Crippen molar-refractivity contribution in [1.29, 1.82) is 0 Å². The normalized spacial score (nSPS) is 40.7. The van der Waals surface area contributed by atoms with Gasteiger partial charge < -0.3 is 39.0 Å². The minimum absolute atomic E-state index is 0.0336. The van der Waals surface area contributed by atoms with Crippen molar-refractivity contribution in [3.8, 4) is 0 Å². The maximum absolute atomic E-state index is 15.7. The third-order valence-electron chi connectivity index (χ3n) is 17.9. The molecule has 14 heteroatoms. The summed E-state index contributed by atoms with van der Waals surface area (Å²) in [5.41, 5.74) is 1.45. The standard InChI is InChI=1S/C50H67BN4O9/c1-8-46(59)26-31-27-49(44(57)62-6,40-33(15-21-53(28-31)29-46)34-23-32(13-14-37(34)51-40)54-18-10-11-19-54)36-24-35-38(25-39(36)61-5)52(4)42-48(35)17-22-55-20-12-16-47(9-2,41(48)55)43(64-30(3)56)50(42,60)45(58)63-7/h12-14,16,23-25,31,36,39,41-43,51,59-60H,8-11,15,17-22,26-29H2,1-7H3/t31-,36?,39?,41+,42-,43-,46+,47-,48-,49+,50+/m1/s1. The molecular weight excluding hydrogens is 811 g/mol. The molecule has 1 saturated carbocycles. The molecule has 2 aliphatic carbocycles. The number of rotatable bonds is 8. The summed E-state index contributed by atoms with van der Waals surface area (Å²) in [7, 11) is 6.98. The van der Waals surface area contributed by atoms with Crippen LogP contribution in [0.15, 0.2) is 59.2 Å². The second-order valence-electron chi connectivity index (χ2n) is 20.7. The molecule has 0 aromatic heterocycles. The first-order valence-electron chi connectivity index (χ1n) is 23.9. The van der Waals surface area contributed by atoms with Gasteiger partial charge in [0.05, 0.1) is 37.4 Å². The van der Waals surface area contributed by atoms with Gasteiger partial charge in [0, 0.05) is 94.5 Å². The Hall–Kier alpha value is -3.95. The van der Waals surface area contributed by atoms with E-state index in [1.54, 1.807) is 7.11 Å². The summed E-state index contributed by atoms with van der Waals surface area (Å²) in [4.78, 5) is 52.6. The number of benzene rings is 1. The van der Waals surface area contributed by atoms with E-state index in [-0.39, 0.29) is 17.9 Å². The molecule has 2 N–H and O–H groups in total. The number of hydrogen-bond donors (Lipinski definition) is 2. The highest BCUT2D eigenvalue weighted by molar-refractivity contribution is 6.67. The monoisotopic (exact) mass is 879 g/mol. The summed E-state index contributed by atoms with van der Waals surface area (Å²) in [5.74, 6) is -2.34. The highest BCUT2D eigenvalue weighted by Crippen LogP contribution is 2.70. The van der Waals surface area contributed by atoms with E-state index in [0.717, 1.165) is 49.3 Å². The summed E-state index contributed by atoms with van der Waals surface area (Å²) in [6.07, 6.45) is 12.5. The minimum atomic E-state index is -2.28. The Bertz CT molecular complexity index is 2260. The van der Waals surface area contributed by atoms with E-state index in [9.17, 15) is 19.8 Å². The Balaban J connectivity index is 1.22. The van der Waals surface area contributed by atoms with Crippen molar-refractivity contribution in [2.75, 3.05) is 79.1 Å². The minimum Gasteiger partial charge on any atom is -0.468 e. The molecule has 1 spiro atoms. The molecule has 2 bridgehead atoms. The average molecular weight is 879 g/mol. The van der Waals surface area contributed by atoms with Crippen molar-refractivity contribution in [3.05, 3.63) is 64.8 Å². The number of likely N-dealkylation sites (N-methyl/N-ethyl adjacent to an activating group) is 1. The molecule has 344 valence electrons. The fraction of sp³-hybridized carbons (Fsp3) is 0.660. The maximum atomic E-state index is 15.7. The van der Waals surface area contributed by atoms with Gasteiger partial charge in [-0.05, 0) is 98.7 Å². The number of aliphatic hydroxyl groups is 2. The Morgan fingerprint density at radius 3 is 2.39 bits per heavy atom. The van der Waals surface area contributed by atoms with Crippen LogP contribution < -0.4 is 10.4 Å². The Morgan fingerprint density at radius 2 is 1.70 bits per heavy atom. The van der Waals surface area contributed by atoms with E-state index in [0.29, 0.717) is 59.0 Å². The fourth-order valence-corrected chi connectivity index (χ4v) is 15.5. The van der Waals surface area contributed by atoms with Crippen LogP contribution in [0.5, 0.6) is 0 Å². The summed E-state index contributed by atoms with van der Waals surface area (Å²) in [6, 6.07) is 5.71. The number of fused-ring (bicyclic) bond motifs is 5. The third-order valence-corrected chi connectivity index (χ3v) is 17.9. The second kappa shape index (κ2) is 15.6. The first-order chi connectivity index (χ1) is 30.7. The molecule has 13 nitrogen and oxygen atoms in total. The molecule has 1 aromatic rings. The summed E-state index contributed by atoms with van der Waals surface area (Å²) in [5, 5.41) is 25.6. The second-order valence-corrected chi connectivity index (χ2v) is 20.7. The third kappa shape index (κ3) is 5.89. The van der Waals surface area contributed by atoms with E-state index in [2.05, 4.69) is 64.1 Å². The Kier molecular flexibility index (Phi) is 10.7. The topological polar surface area (TPSA) is 142 Å². The molecular formula is C50H67BN4O9. The largest absolute Gasteiger partial charge is 0.468 e. The number of hydrogen-bond acceptors (Lipinski definition) is 13. The number of nitrogens with zero attached hydrogens (tertiary/aromatic N) is 4. The SMILES string of the molecule is CC[C@]1(O)C[C@H]2CN(CCC3=C(Bc4ccc(N5CCCC5)cc43)[C@@](C(=O)OC)(C3C=C4C(=CC3OC)N(C)[C@H]3[C@@](O)(C(=O)OC)[C@H](OC(C)=O)[C@]5(CC)C=CCN6CC[C@]43[C@@H]65)C2)C1. The van der Waals surface area contributed by atoms with Crippen LogP contribution in [0.1, 0.15) is 77.7 Å². The van der Waals surface area contributed by atoms with E-state index in [4.69, 9.17) is 18.9 Å². The number of piperidine rings is 1. The van der Waals surface area contributed by atoms with Gasteiger partial charge in [-0.2, -0.15) is 0 Å². The van der Waals surface area contributed by atoms with Crippen LogP contribution in [-0.4, -0.2) is 160 Å². The van der Waals surface area contributed by atoms with Gasteiger partial charge in [-0.1, -0.05) is 49.1 Å². The zero-order valence-corrected chi connectivity index (χ0v) is 38.9. The molecule has 9 aliphatic rings. The van der Waals surface area contributed by atoms with Crippen LogP contribution in [0.4, 0.5) is 5.69 Å². The quantitative estimate of drug-likeness (QED) is 0.171. The van der Waals surface area contributed by atoms with Crippen molar-refractivity contribution in [3.63, 3.8) is 0 Å². The predicted octanol–water partition coefficient (Wildman–Crippen LogP) is 3.13. The van der Waals surface area contributed by atoms with Gasteiger partial charge >= 0.3 is 17.9 Å². The highest BCUT2D eigenvalue weighted by Gasteiger charge is 2.81. The van der Waals surface area contributed by atoms with E-state index in [1.165, 1.54) is 56.3 Å². The van der Waals surface area contributed by atoms with Crippen molar-refractivity contribution >= 4 is 41.9 Å². The number of likely N-dealkylation sites (tertiary alicyclic amines) is 1. The highest BCUT2D eigenvalue weighted by atomic mass is 16.6. The van der Waals surface area contributed by atoms with Crippen LogP contribution in [0.3, 0.4) is 0 Å². The fourth-order valence-electron chi connectivity index (χ4n) is 15.5. The van der Waals surface area contributed by atoms with Crippen molar-refractivity contribution < 1.29 is 43.5 Å². The number of esters is 3. The molecule has 12 atom stereocenters. The van der Waals surface area contributed by atoms with Gasteiger partial charge in [0.25, 0.3) is 0 Å². The lowest BCUT2D eigenvalue weighted by Crippen LogP contribution is -2.79. The predicted molar refractivity (Wildman–Crippen MR) is 244 cm³/mol. The number of carbonyl (C=O) groups is 3. The lowest BCUT2D eigenvalue weighted by atomic mass is 9.46. The van der Waals surface area contributed by atoms with E-state index in [1.807, 2.05) is 18.9 Å². The van der Waals surface area contributed by atoms with Gasteiger partial charge in [-0.15, -0.1) is 0 Å². The maximum Gasteiger partial charge on any atom is 0.344 e. The number of carbonyl (C=O) groups excluding carboxylic acids is 3. The van der Waals surface area contributed by atoms with Crippen molar-refractivity contribution in [2.24, 2.45) is 28.1 Å². The molecule has 7 aliphatic heterocycles. The number of ether oxygens (including phenoxy) is 4. The van der Waals surface area contributed by atoms with Crippen LogP contribution in [0.2, 0.25) is 0 Å². The Morgan fingerprint density at radius 1 is 0.938 bits per heavy atom. The number of allylic oxidation sites excluding steroid dienone is 1. The molecule has 1 aromatic carbocycles. The van der Waals surface area contributed by atoms with Gasteiger partial charge in [-0.25, -0.2) is 4.79 Å². The molecule has 3 unspecified atom stereocenters. The Labute approximate surface area is 378 Å². The van der Waals surface area contributed by atoms with Crippen LogP contribution >= 0.6 is 0 Å². The van der Waals surface area contributed by atoms with Gasteiger partial charge in [0.1, 0.15) is 0 Å². The van der Waals surface area contributed by atoms with Crippen LogP contribution in [0, 0.1) is 28.1 Å². The number of anilines is 1. The lowest BCUT2D eigenvalue weighted by molar-refractivity contribution is -0.243. The van der Waals surface area contributed by atoms with Gasteiger partial charge in [0.15, 0.2) is 13.4 Å². The molecule has 10 rings (SSSR count).